The highest BCUT2D eigenvalue weighted by Gasteiger charge is 2.34. The zero-order valence-corrected chi connectivity index (χ0v) is 13.6. The molecule has 7 heteroatoms. The summed E-state index contributed by atoms with van der Waals surface area (Å²) in [7, 11) is -1.69. The molecule has 108 valence electrons. The van der Waals surface area contributed by atoms with Gasteiger partial charge in [-0.3, -0.25) is 0 Å². The molecule has 0 saturated carbocycles. The Labute approximate surface area is 122 Å². The van der Waals surface area contributed by atoms with Gasteiger partial charge in [0.1, 0.15) is 10.7 Å². The van der Waals surface area contributed by atoms with E-state index in [-0.39, 0.29) is 15.6 Å². The second-order valence-electron chi connectivity index (χ2n) is 4.84. The van der Waals surface area contributed by atoms with Crippen molar-refractivity contribution in [2.24, 2.45) is 0 Å². The normalized spacial score (nSPS) is 21.7. The summed E-state index contributed by atoms with van der Waals surface area (Å²) in [5.74, 6) is 0.609. The molecule has 0 amide bonds. The van der Waals surface area contributed by atoms with E-state index in [1.54, 1.807) is 17.4 Å². The average Bonchev–Trinajstić information content (AvgIpc) is 2.72. The van der Waals surface area contributed by atoms with E-state index in [2.05, 4.69) is 21.2 Å². The minimum absolute atomic E-state index is 0.0494. The highest BCUT2D eigenvalue weighted by atomic mass is 79.9. The van der Waals surface area contributed by atoms with Crippen LogP contribution in [-0.2, 0) is 16.6 Å². The summed E-state index contributed by atoms with van der Waals surface area (Å²) in [5.41, 5.74) is 0. The molecule has 5 nitrogen and oxygen atoms in total. The molecule has 0 radical (unpaired) electrons. The Morgan fingerprint density at radius 2 is 2.26 bits per heavy atom. The Hall–Kier alpha value is -0.370. The Morgan fingerprint density at radius 3 is 2.89 bits per heavy atom. The first-order chi connectivity index (χ1) is 8.96. The zero-order valence-electron chi connectivity index (χ0n) is 11.1. The number of hydrogen-bond donors (Lipinski definition) is 1. The van der Waals surface area contributed by atoms with Crippen molar-refractivity contribution in [1.82, 2.24) is 9.62 Å². The zero-order chi connectivity index (χ0) is 14.0. The van der Waals surface area contributed by atoms with E-state index in [0.717, 1.165) is 19.3 Å². The lowest BCUT2D eigenvalue weighted by Gasteiger charge is -2.31. The molecule has 1 unspecified atom stereocenters. The Balaban J connectivity index is 2.33. The van der Waals surface area contributed by atoms with Crippen LogP contribution in [0.2, 0.25) is 0 Å². The van der Waals surface area contributed by atoms with Gasteiger partial charge < -0.3 is 9.73 Å². The number of hydrogen-bond acceptors (Lipinski definition) is 4. The summed E-state index contributed by atoms with van der Waals surface area (Å²) in [6.45, 7) is 3.05. The predicted octanol–water partition coefficient (Wildman–Crippen LogP) is 2.32. The summed E-state index contributed by atoms with van der Waals surface area (Å²) in [4.78, 5) is 0.228. The molecule has 2 rings (SSSR count). The average molecular weight is 351 g/mol. The molecule has 1 aliphatic heterocycles. The number of nitrogens with zero attached hydrogens (tertiary/aromatic N) is 1. The molecule has 0 spiro atoms. The lowest BCUT2D eigenvalue weighted by Crippen LogP contribution is -2.41. The maximum atomic E-state index is 12.7. The minimum Gasteiger partial charge on any atom is -0.452 e. The van der Waals surface area contributed by atoms with E-state index >= 15 is 0 Å². The fraction of sp³-hybridized carbons (Fsp3) is 0.667. The molecule has 0 bridgehead atoms. The smallest absolute Gasteiger partial charge is 0.247 e. The van der Waals surface area contributed by atoms with Crippen molar-refractivity contribution in [3.63, 3.8) is 0 Å². The van der Waals surface area contributed by atoms with Crippen LogP contribution in [0.3, 0.4) is 0 Å². The molecular formula is C12H19BrN2O3S. The van der Waals surface area contributed by atoms with Gasteiger partial charge in [-0.25, -0.2) is 8.42 Å². The summed E-state index contributed by atoms with van der Waals surface area (Å²) < 4.78 is 32.6. The van der Waals surface area contributed by atoms with Gasteiger partial charge in [-0.15, -0.1) is 0 Å². The van der Waals surface area contributed by atoms with Gasteiger partial charge in [-0.2, -0.15) is 4.31 Å². The summed E-state index contributed by atoms with van der Waals surface area (Å²) in [6.07, 6.45) is 2.92. The van der Waals surface area contributed by atoms with E-state index in [0.29, 0.717) is 18.8 Å². The highest BCUT2D eigenvalue weighted by molar-refractivity contribution is 9.10. The van der Waals surface area contributed by atoms with E-state index in [1.807, 2.05) is 6.92 Å². The topological polar surface area (TPSA) is 62.6 Å². The molecule has 1 aromatic rings. The van der Waals surface area contributed by atoms with Gasteiger partial charge >= 0.3 is 0 Å². The SMILES string of the molecule is CNCc1cc(S(=O)(=O)N2CCCCC2C)c(Br)o1. The van der Waals surface area contributed by atoms with Crippen LogP contribution >= 0.6 is 15.9 Å². The molecule has 19 heavy (non-hydrogen) atoms. The molecule has 2 heterocycles. The molecule has 0 aromatic carbocycles. The fourth-order valence-corrected chi connectivity index (χ4v) is 5.05. The van der Waals surface area contributed by atoms with Crippen LogP contribution in [0.15, 0.2) is 20.0 Å². The maximum Gasteiger partial charge on any atom is 0.247 e. The van der Waals surface area contributed by atoms with Crippen LogP contribution in [0, 0.1) is 0 Å². The minimum atomic E-state index is -3.47. The number of rotatable bonds is 4. The molecule has 1 saturated heterocycles. The largest absolute Gasteiger partial charge is 0.452 e. The van der Waals surface area contributed by atoms with Gasteiger partial charge in [-0.1, -0.05) is 6.42 Å². The van der Waals surface area contributed by atoms with Gasteiger partial charge in [0.05, 0.1) is 6.54 Å². The number of piperidine rings is 1. The number of nitrogens with one attached hydrogen (secondary N) is 1. The molecular weight excluding hydrogens is 332 g/mol. The van der Waals surface area contributed by atoms with Crippen LogP contribution in [0.5, 0.6) is 0 Å². The molecule has 1 N–H and O–H groups in total. The first kappa shape index (κ1) is 15.0. The Kier molecular flexibility index (Phi) is 4.70. The molecule has 1 aromatic heterocycles. The second kappa shape index (κ2) is 5.95. The Bertz CT molecular complexity index is 541. The van der Waals surface area contributed by atoms with Crippen LogP contribution in [0.4, 0.5) is 0 Å². The van der Waals surface area contributed by atoms with Crippen molar-refractivity contribution in [2.45, 2.75) is 43.7 Å². The van der Waals surface area contributed by atoms with Crippen molar-refractivity contribution >= 4 is 26.0 Å². The van der Waals surface area contributed by atoms with Gasteiger partial charge in [0, 0.05) is 18.7 Å². The number of halogens is 1. The van der Waals surface area contributed by atoms with Crippen molar-refractivity contribution in [1.29, 1.82) is 0 Å². The first-order valence-electron chi connectivity index (χ1n) is 6.41. The number of sulfonamides is 1. The van der Waals surface area contributed by atoms with Crippen molar-refractivity contribution in [3.05, 3.63) is 16.5 Å². The Morgan fingerprint density at radius 1 is 1.53 bits per heavy atom. The van der Waals surface area contributed by atoms with Gasteiger partial charge in [0.2, 0.25) is 10.0 Å². The van der Waals surface area contributed by atoms with E-state index in [9.17, 15) is 8.42 Å². The van der Waals surface area contributed by atoms with Gasteiger partial charge in [0.25, 0.3) is 0 Å². The van der Waals surface area contributed by atoms with E-state index < -0.39 is 10.0 Å². The van der Waals surface area contributed by atoms with Crippen molar-refractivity contribution in [3.8, 4) is 0 Å². The third kappa shape index (κ3) is 3.04. The van der Waals surface area contributed by atoms with E-state index in [1.165, 1.54) is 0 Å². The van der Waals surface area contributed by atoms with Gasteiger partial charge in [-0.05, 0) is 42.7 Å². The summed E-state index contributed by atoms with van der Waals surface area (Å²) in [6, 6.07) is 1.64. The monoisotopic (exact) mass is 350 g/mol. The summed E-state index contributed by atoms with van der Waals surface area (Å²) in [5, 5.41) is 2.94. The molecule has 0 aliphatic carbocycles. The van der Waals surface area contributed by atoms with Crippen molar-refractivity contribution < 1.29 is 12.8 Å². The van der Waals surface area contributed by atoms with Crippen molar-refractivity contribution in [2.75, 3.05) is 13.6 Å². The lowest BCUT2D eigenvalue weighted by atomic mass is 10.1. The maximum absolute atomic E-state index is 12.7. The van der Waals surface area contributed by atoms with Crippen LogP contribution in [0.1, 0.15) is 31.9 Å². The highest BCUT2D eigenvalue weighted by Crippen LogP contribution is 2.32. The van der Waals surface area contributed by atoms with Crippen LogP contribution in [0.25, 0.3) is 0 Å². The summed E-state index contributed by atoms with van der Waals surface area (Å²) >= 11 is 3.21. The van der Waals surface area contributed by atoms with Gasteiger partial charge in [0.15, 0.2) is 4.67 Å². The fourth-order valence-electron chi connectivity index (χ4n) is 2.39. The lowest BCUT2D eigenvalue weighted by molar-refractivity contribution is 0.268. The molecule has 1 fully saturated rings. The van der Waals surface area contributed by atoms with Crippen LogP contribution in [-0.4, -0.2) is 32.4 Å². The molecule has 1 aliphatic rings. The third-order valence-corrected chi connectivity index (χ3v) is 6.26. The first-order valence-corrected chi connectivity index (χ1v) is 8.64. The number of furan rings is 1. The second-order valence-corrected chi connectivity index (χ2v) is 7.42. The van der Waals surface area contributed by atoms with Crippen LogP contribution < -0.4 is 5.32 Å². The standard InChI is InChI=1S/C12H19BrN2O3S/c1-9-5-3-4-6-15(9)19(16,17)11-7-10(8-14-2)18-12(11)13/h7,9,14H,3-6,8H2,1-2H3. The van der Waals surface area contributed by atoms with E-state index in [4.69, 9.17) is 4.42 Å². The quantitative estimate of drug-likeness (QED) is 0.904. The molecule has 1 atom stereocenters. The predicted molar refractivity (Wildman–Crippen MR) is 76.4 cm³/mol. The third-order valence-electron chi connectivity index (χ3n) is 3.39.